The predicted molar refractivity (Wildman–Crippen MR) is 138 cm³/mol. The van der Waals surface area contributed by atoms with E-state index in [2.05, 4.69) is 28.2 Å². The molecule has 0 fully saturated rings. The molecule has 1 atom stereocenters. The summed E-state index contributed by atoms with van der Waals surface area (Å²) in [7, 11) is 0. The number of amides is 3. The molecule has 36 heavy (non-hydrogen) atoms. The number of nitrogens with zero attached hydrogens (tertiary/aromatic N) is 2. The van der Waals surface area contributed by atoms with Crippen LogP contribution in [0.1, 0.15) is 66.4 Å². The van der Waals surface area contributed by atoms with E-state index in [1.165, 1.54) is 4.68 Å². The van der Waals surface area contributed by atoms with Crippen LogP contribution in [0.4, 0.5) is 0 Å². The zero-order valence-corrected chi connectivity index (χ0v) is 21.1. The van der Waals surface area contributed by atoms with Crippen molar-refractivity contribution in [2.24, 2.45) is 5.92 Å². The van der Waals surface area contributed by atoms with E-state index in [-0.39, 0.29) is 23.1 Å². The van der Waals surface area contributed by atoms with Crippen LogP contribution in [-0.2, 0) is 11.3 Å². The second-order valence-corrected chi connectivity index (χ2v) is 9.08. The zero-order chi connectivity index (χ0) is 26.2. The maximum absolute atomic E-state index is 13.0. The van der Waals surface area contributed by atoms with Crippen LogP contribution < -0.4 is 21.7 Å². The minimum atomic E-state index is -0.884. The van der Waals surface area contributed by atoms with Crippen LogP contribution in [0, 0.1) is 12.8 Å². The topological polar surface area (TPSA) is 122 Å². The van der Waals surface area contributed by atoms with Crippen LogP contribution in [0.15, 0.2) is 53.3 Å². The molecule has 0 aliphatic rings. The molecular weight excluding hydrogens is 458 g/mol. The lowest BCUT2D eigenvalue weighted by atomic mass is 10.0. The number of fused-ring (bicyclic) bond motifs is 1. The molecule has 0 spiro atoms. The van der Waals surface area contributed by atoms with Crippen molar-refractivity contribution in [3.8, 4) is 0 Å². The van der Waals surface area contributed by atoms with Gasteiger partial charge >= 0.3 is 0 Å². The van der Waals surface area contributed by atoms with Gasteiger partial charge in [0.05, 0.1) is 5.39 Å². The summed E-state index contributed by atoms with van der Waals surface area (Å²) in [5, 5.41) is 7.83. The molecule has 9 nitrogen and oxygen atoms in total. The molecule has 3 rings (SSSR count). The number of rotatable bonds is 9. The predicted octanol–water partition coefficient (Wildman–Crippen LogP) is 3.11. The second kappa shape index (κ2) is 12.1. The van der Waals surface area contributed by atoms with E-state index in [1.807, 2.05) is 19.1 Å². The summed E-state index contributed by atoms with van der Waals surface area (Å²) in [6, 6.07) is 13.0. The van der Waals surface area contributed by atoms with Crippen molar-refractivity contribution in [2.45, 2.75) is 59.5 Å². The van der Waals surface area contributed by atoms with Gasteiger partial charge in [0.25, 0.3) is 23.3 Å². The third-order valence-corrected chi connectivity index (χ3v) is 5.98. The first-order valence-electron chi connectivity index (χ1n) is 12.2. The summed E-state index contributed by atoms with van der Waals surface area (Å²) in [6.45, 7) is 7.87. The van der Waals surface area contributed by atoms with Crippen molar-refractivity contribution < 1.29 is 14.4 Å². The smallest absolute Gasteiger partial charge is 0.290 e. The van der Waals surface area contributed by atoms with Gasteiger partial charge in [0.1, 0.15) is 6.04 Å². The SMILES string of the molecule is CCCCCn1nc(C(=O)NNC(=O)[C@@H](NC(=O)c2ccccc2C)C(C)C)c2ccccc2c1=O. The first kappa shape index (κ1) is 26.6. The van der Waals surface area contributed by atoms with Gasteiger partial charge in [0.2, 0.25) is 0 Å². The summed E-state index contributed by atoms with van der Waals surface area (Å²) in [5.41, 5.74) is 5.84. The lowest BCUT2D eigenvalue weighted by Gasteiger charge is -2.22. The monoisotopic (exact) mass is 491 g/mol. The fourth-order valence-corrected chi connectivity index (χ4v) is 3.90. The highest BCUT2D eigenvalue weighted by molar-refractivity contribution is 6.05. The first-order chi connectivity index (χ1) is 17.2. The summed E-state index contributed by atoms with van der Waals surface area (Å²) in [5.74, 6) is -1.84. The minimum Gasteiger partial charge on any atom is -0.340 e. The molecule has 3 aromatic rings. The number of hydrazine groups is 1. The average molecular weight is 492 g/mol. The zero-order valence-electron chi connectivity index (χ0n) is 21.1. The van der Waals surface area contributed by atoms with Gasteiger partial charge in [0, 0.05) is 17.5 Å². The highest BCUT2D eigenvalue weighted by Crippen LogP contribution is 2.14. The number of nitrogens with one attached hydrogen (secondary N) is 3. The molecule has 0 bridgehead atoms. The molecule has 9 heteroatoms. The summed E-state index contributed by atoms with van der Waals surface area (Å²) in [4.78, 5) is 51.5. The Morgan fingerprint density at radius 3 is 2.25 bits per heavy atom. The lowest BCUT2D eigenvalue weighted by molar-refractivity contribution is -0.124. The van der Waals surface area contributed by atoms with Crippen molar-refractivity contribution >= 4 is 28.5 Å². The Bertz CT molecular complexity index is 1320. The van der Waals surface area contributed by atoms with Gasteiger partial charge in [-0.1, -0.05) is 70.0 Å². The van der Waals surface area contributed by atoms with Gasteiger partial charge in [-0.2, -0.15) is 5.10 Å². The first-order valence-corrected chi connectivity index (χ1v) is 12.2. The van der Waals surface area contributed by atoms with Gasteiger partial charge in [-0.15, -0.1) is 0 Å². The Hall–Kier alpha value is -4.01. The lowest BCUT2D eigenvalue weighted by Crippen LogP contribution is -2.54. The molecule has 0 saturated carbocycles. The number of unbranched alkanes of at least 4 members (excludes halogenated alkanes) is 2. The molecule has 1 heterocycles. The molecule has 3 N–H and O–H groups in total. The van der Waals surface area contributed by atoms with Gasteiger partial charge in [-0.05, 0) is 37.0 Å². The third kappa shape index (κ3) is 6.16. The van der Waals surface area contributed by atoms with E-state index in [1.54, 1.807) is 50.2 Å². The number of hydrogen-bond donors (Lipinski definition) is 3. The van der Waals surface area contributed by atoms with Crippen molar-refractivity contribution in [2.75, 3.05) is 0 Å². The summed E-state index contributed by atoms with van der Waals surface area (Å²) >= 11 is 0. The highest BCUT2D eigenvalue weighted by atomic mass is 16.2. The van der Waals surface area contributed by atoms with E-state index >= 15 is 0 Å². The van der Waals surface area contributed by atoms with Gasteiger partial charge in [-0.3, -0.25) is 30.0 Å². The maximum Gasteiger partial charge on any atom is 0.290 e. The van der Waals surface area contributed by atoms with Crippen LogP contribution in [0.2, 0.25) is 0 Å². The van der Waals surface area contributed by atoms with Gasteiger partial charge in [-0.25, -0.2) is 4.68 Å². The number of hydrogen-bond acceptors (Lipinski definition) is 5. The Morgan fingerprint density at radius 2 is 1.58 bits per heavy atom. The Balaban J connectivity index is 1.77. The van der Waals surface area contributed by atoms with E-state index in [9.17, 15) is 19.2 Å². The van der Waals surface area contributed by atoms with E-state index in [0.29, 0.717) is 22.9 Å². The normalized spacial score (nSPS) is 11.8. The average Bonchev–Trinajstić information content (AvgIpc) is 2.87. The van der Waals surface area contributed by atoms with Crippen molar-refractivity contribution in [1.82, 2.24) is 25.9 Å². The van der Waals surface area contributed by atoms with E-state index in [0.717, 1.165) is 24.8 Å². The van der Waals surface area contributed by atoms with Crippen LogP contribution in [0.25, 0.3) is 10.8 Å². The minimum absolute atomic E-state index is 0.0343. The maximum atomic E-state index is 13.0. The van der Waals surface area contributed by atoms with Gasteiger partial charge in [0.15, 0.2) is 5.69 Å². The quantitative estimate of drug-likeness (QED) is 0.314. The van der Waals surface area contributed by atoms with Crippen LogP contribution in [0.5, 0.6) is 0 Å². The highest BCUT2D eigenvalue weighted by Gasteiger charge is 2.26. The molecule has 3 amide bonds. The fourth-order valence-electron chi connectivity index (χ4n) is 3.90. The van der Waals surface area contributed by atoms with Crippen LogP contribution >= 0.6 is 0 Å². The molecule has 0 saturated heterocycles. The Labute approximate surface area is 210 Å². The molecular formula is C27H33N5O4. The summed E-state index contributed by atoms with van der Waals surface area (Å²) in [6.07, 6.45) is 2.68. The van der Waals surface area contributed by atoms with Crippen LogP contribution in [-0.4, -0.2) is 33.5 Å². The summed E-state index contributed by atoms with van der Waals surface area (Å²) < 4.78 is 1.30. The van der Waals surface area contributed by atoms with Crippen molar-refractivity contribution in [1.29, 1.82) is 0 Å². The Morgan fingerprint density at radius 1 is 0.917 bits per heavy atom. The largest absolute Gasteiger partial charge is 0.340 e. The molecule has 0 aliphatic carbocycles. The Kier molecular flexibility index (Phi) is 8.94. The number of benzene rings is 2. The van der Waals surface area contributed by atoms with Gasteiger partial charge < -0.3 is 5.32 Å². The standard InChI is InChI=1S/C27H33N5O4/c1-5-6-11-16-32-27(36)21-15-10-9-14-20(21)23(31-32)26(35)30-29-25(34)22(17(2)3)28-24(33)19-13-8-7-12-18(19)4/h7-10,12-15,17,22H,5-6,11,16H2,1-4H3,(H,28,33)(H,29,34)(H,30,35)/t22-/m0/s1. The third-order valence-electron chi connectivity index (χ3n) is 5.98. The number of carbonyl (C=O) groups is 3. The number of aryl methyl sites for hydroxylation is 2. The molecule has 190 valence electrons. The molecule has 2 aromatic carbocycles. The molecule has 0 unspecified atom stereocenters. The van der Waals surface area contributed by atoms with Crippen molar-refractivity contribution in [3.63, 3.8) is 0 Å². The fraction of sp³-hybridized carbons (Fsp3) is 0.370. The molecule has 0 aliphatic heterocycles. The number of aromatic nitrogens is 2. The van der Waals surface area contributed by atoms with E-state index < -0.39 is 17.9 Å². The van der Waals surface area contributed by atoms with E-state index in [4.69, 9.17) is 0 Å². The number of carbonyl (C=O) groups excluding carboxylic acids is 3. The van der Waals surface area contributed by atoms with Crippen molar-refractivity contribution in [3.05, 3.63) is 75.7 Å². The molecule has 0 radical (unpaired) electrons. The van der Waals surface area contributed by atoms with Crippen LogP contribution in [0.3, 0.4) is 0 Å². The second-order valence-electron chi connectivity index (χ2n) is 9.08. The molecule has 1 aromatic heterocycles.